The van der Waals surface area contributed by atoms with Gasteiger partial charge in [0.25, 0.3) is 0 Å². The molecular weight excluding hydrogens is 381 g/mol. The number of carbonyl (C=O) groups excluding carboxylic acids is 1. The zero-order valence-corrected chi connectivity index (χ0v) is 12.1. The number of nitrogen functional groups attached to an aromatic ring is 1. The number of nitrogens with zero attached hydrogens (tertiary/aromatic N) is 4. The van der Waals surface area contributed by atoms with Gasteiger partial charge in [0.15, 0.2) is 27.8 Å². The minimum Gasteiger partial charge on any atom is -0.387 e. The molecule has 0 aliphatic carbocycles. The molecule has 2 aromatic heterocycles. The van der Waals surface area contributed by atoms with Crippen LogP contribution >= 0.6 is 22.6 Å². The quantitative estimate of drug-likeness (QED) is 0.331. The van der Waals surface area contributed by atoms with Gasteiger partial charge in [0.1, 0.15) is 23.8 Å². The Morgan fingerprint density at radius 2 is 2.15 bits per heavy atom. The Labute approximate surface area is 125 Å². The third-order valence-corrected chi connectivity index (χ3v) is 3.59. The molecule has 9 nitrogen and oxygen atoms in total. The summed E-state index contributed by atoms with van der Waals surface area (Å²) in [4.78, 5) is 23.0. The molecule has 1 aliphatic rings. The summed E-state index contributed by atoms with van der Waals surface area (Å²) in [6.07, 6.45) is -2.80. The number of ether oxygens (including phenoxy) is 1. The number of anilines is 1. The molecule has 20 heavy (non-hydrogen) atoms. The standard InChI is InChI=1S/C10H10IN5O4/c11-10-14-7(12)4-8(15-10)16(2-13-4)9-6(19)5(18)3(1-17)20-9/h1-3,5-6,9,18-19H,(H2,12,14,15)/t3?,5-,6-,9?/m1/s1. The fourth-order valence-corrected chi connectivity index (χ4v) is 2.61. The van der Waals surface area contributed by atoms with Crippen molar-refractivity contribution in [2.24, 2.45) is 0 Å². The number of aliphatic hydroxyl groups excluding tert-OH is 2. The van der Waals surface area contributed by atoms with Crippen LogP contribution in [-0.4, -0.2) is 54.3 Å². The smallest absolute Gasteiger partial charge is 0.194 e. The van der Waals surface area contributed by atoms with Crippen molar-refractivity contribution in [3.63, 3.8) is 0 Å². The average Bonchev–Trinajstić information content (AvgIpc) is 2.93. The third kappa shape index (κ3) is 1.95. The molecule has 3 heterocycles. The number of rotatable bonds is 2. The van der Waals surface area contributed by atoms with E-state index in [-0.39, 0.29) is 5.82 Å². The number of hydrogen-bond acceptors (Lipinski definition) is 8. The number of aromatic nitrogens is 4. The third-order valence-electron chi connectivity index (χ3n) is 3.10. The Morgan fingerprint density at radius 3 is 2.80 bits per heavy atom. The molecule has 4 atom stereocenters. The number of aliphatic hydroxyl groups is 2. The van der Waals surface area contributed by atoms with Crippen LogP contribution in [0.2, 0.25) is 0 Å². The van der Waals surface area contributed by atoms with Gasteiger partial charge in [0.05, 0.1) is 6.33 Å². The first-order valence-corrected chi connectivity index (χ1v) is 6.73. The highest BCUT2D eigenvalue weighted by Gasteiger charge is 2.44. The lowest BCUT2D eigenvalue weighted by Gasteiger charge is -2.16. The van der Waals surface area contributed by atoms with Crippen LogP contribution in [0.25, 0.3) is 11.2 Å². The van der Waals surface area contributed by atoms with E-state index in [1.807, 2.05) is 22.6 Å². The summed E-state index contributed by atoms with van der Waals surface area (Å²) in [6, 6.07) is 0. The van der Waals surface area contributed by atoms with E-state index in [9.17, 15) is 15.0 Å². The molecule has 4 N–H and O–H groups in total. The minimum atomic E-state index is -1.30. The Kier molecular flexibility index (Phi) is 3.32. The molecule has 0 radical (unpaired) electrons. The zero-order valence-electron chi connectivity index (χ0n) is 9.92. The van der Waals surface area contributed by atoms with E-state index in [1.165, 1.54) is 10.9 Å². The Balaban J connectivity index is 2.09. The van der Waals surface area contributed by atoms with Crippen LogP contribution in [0.5, 0.6) is 0 Å². The molecule has 2 aromatic rings. The molecular formula is C10H10IN5O4. The normalized spacial score (nSPS) is 29.9. The van der Waals surface area contributed by atoms with Gasteiger partial charge in [-0.3, -0.25) is 4.57 Å². The maximum atomic E-state index is 10.8. The van der Waals surface area contributed by atoms with E-state index in [1.54, 1.807) is 0 Å². The predicted octanol–water partition coefficient (Wildman–Crippen LogP) is -1.17. The van der Waals surface area contributed by atoms with Gasteiger partial charge in [-0.25, -0.2) is 15.0 Å². The number of aldehydes is 1. The van der Waals surface area contributed by atoms with Crippen LogP contribution in [-0.2, 0) is 9.53 Å². The summed E-state index contributed by atoms with van der Waals surface area (Å²) in [5, 5.41) is 19.7. The van der Waals surface area contributed by atoms with Crippen molar-refractivity contribution in [3.8, 4) is 0 Å². The highest BCUT2D eigenvalue weighted by molar-refractivity contribution is 14.1. The number of hydrogen-bond donors (Lipinski definition) is 3. The molecule has 0 aromatic carbocycles. The van der Waals surface area contributed by atoms with Crippen molar-refractivity contribution >= 4 is 45.9 Å². The van der Waals surface area contributed by atoms with Crippen molar-refractivity contribution in [1.29, 1.82) is 0 Å². The molecule has 0 amide bonds. The van der Waals surface area contributed by atoms with E-state index in [0.29, 0.717) is 21.3 Å². The van der Waals surface area contributed by atoms with Crippen LogP contribution in [0.15, 0.2) is 6.33 Å². The van der Waals surface area contributed by atoms with Crippen molar-refractivity contribution < 1.29 is 19.7 Å². The molecule has 0 saturated carbocycles. The van der Waals surface area contributed by atoms with Crippen molar-refractivity contribution in [2.45, 2.75) is 24.5 Å². The molecule has 3 rings (SSSR count). The second-order valence-electron chi connectivity index (χ2n) is 4.31. The largest absolute Gasteiger partial charge is 0.387 e. The zero-order chi connectivity index (χ0) is 14.4. The van der Waals surface area contributed by atoms with Gasteiger partial charge in [-0.1, -0.05) is 0 Å². The maximum Gasteiger partial charge on any atom is 0.194 e. The van der Waals surface area contributed by atoms with Gasteiger partial charge in [-0.05, 0) is 0 Å². The van der Waals surface area contributed by atoms with Crippen LogP contribution < -0.4 is 5.73 Å². The molecule has 1 aliphatic heterocycles. The van der Waals surface area contributed by atoms with Gasteiger partial charge in [0.2, 0.25) is 0 Å². The van der Waals surface area contributed by atoms with Crippen molar-refractivity contribution in [2.75, 3.05) is 5.73 Å². The van der Waals surface area contributed by atoms with E-state index in [0.717, 1.165) is 0 Å². The molecule has 0 bridgehead atoms. The van der Waals surface area contributed by atoms with E-state index in [2.05, 4.69) is 15.0 Å². The SMILES string of the molecule is Nc1nc(I)nc2c1ncn2C1OC(C=O)[C@@H](O)[C@H]1O. The monoisotopic (exact) mass is 391 g/mol. The van der Waals surface area contributed by atoms with Gasteiger partial charge >= 0.3 is 0 Å². The number of fused-ring (bicyclic) bond motifs is 1. The van der Waals surface area contributed by atoms with Crippen LogP contribution in [0.3, 0.4) is 0 Å². The first-order valence-electron chi connectivity index (χ1n) is 5.65. The number of carbonyl (C=O) groups is 1. The lowest BCUT2D eigenvalue weighted by atomic mass is 10.1. The average molecular weight is 391 g/mol. The lowest BCUT2D eigenvalue weighted by molar-refractivity contribution is -0.122. The first kappa shape index (κ1) is 13.6. The summed E-state index contributed by atoms with van der Waals surface area (Å²) in [5.41, 5.74) is 6.48. The maximum absolute atomic E-state index is 10.8. The predicted molar refractivity (Wildman–Crippen MR) is 74.4 cm³/mol. The molecule has 1 fully saturated rings. The highest BCUT2D eigenvalue weighted by atomic mass is 127. The second-order valence-corrected chi connectivity index (χ2v) is 5.28. The number of halogens is 1. The van der Waals surface area contributed by atoms with Crippen LogP contribution in [0, 0.1) is 3.83 Å². The second kappa shape index (κ2) is 4.87. The van der Waals surface area contributed by atoms with E-state index >= 15 is 0 Å². The topological polar surface area (TPSA) is 136 Å². The van der Waals surface area contributed by atoms with Gasteiger partial charge in [-0.2, -0.15) is 0 Å². The minimum absolute atomic E-state index is 0.207. The van der Waals surface area contributed by atoms with Gasteiger partial charge < -0.3 is 25.5 Å². The Bertz CT molecular complexity index is 677. The van der Waals surface area contributed by atoms with Crippen molar-refractivity contribution in [3.05, 3.63) is 10.2 Å². The van der Waals surface area contributed by atoms with Crippen LogP contribution in [0.4, 0.5) is 5.82 Å². The van der Waals surface area contributed by atoms with E-state index in [4.69, 9.17) is 10.5 Å². The summed E-state index contributed by atoms with van der Waals surface area (Å²) in [6.45, 7) is 0. The number of imidazole rings is 1. The summed E-state index contributed by atoms with van der Waals surface area (Å²) < 4.78 is 7.15. The molecule has 1 saturated heterocycles. The molecule has 106 valence electrons. The Hall–Kier alpha value is -1.37. The fourth-order valence-electron chi connectivity index (χ4n) is 2.12. The van der Waals surface area contributed by atoms with E-state index < -0.39 is 24.5 Å². The first-order chi connectivity index (χ1) is 9.52. The molecule has 10 heteroatoms. The molecule has 2 unspecified atom stereocenters. The van der Waals surface area contributed by atoms with Gasteiger partial charge in [-0.15, -0.1) is 0 Å². The molecule has 0 spiro atoms. The summed E-state index contributed by atoms with van der Waals surface area (Å²) in [5.74, 6) is 0.207. The lowest BCUT2D eigenvalue weighted by Crippen LogP contribution is -2.32. The summed E-state index contributed by atoms with van der Waals surface area (Å²) >= 11 is 1.90. The summed E-state index contributed by atoms with van der Waals surface area (Å²) in [7, 11) is 0. The highest BCUT2D eigenvalue weighted by Crippen LogP contribution is 2.31. The van der Waals surface area contributed by atoms with Crippen LogP contribution in [0.1, 0.15) is 6.23 Å². The van der Waals surface area contributed by atoms with Crippen molar-refractivity contribution in [1.82, 2.24) is 19.5 Å². The number of nitrogens with two attached hydrogens (primary N) is 1. The Morgan fingerprint density at radius 1 is 1.40 bits per heavy atom. The van der Waals surface area contributed by atoms with Gasteiger partial charge in [0, 0.05) is 22.6 Å². The fraction of sp³-hybridized carbons (Fsp3) is 0.400.